The van der Waals surface area contributed by atoms with Crippen molar-refractivity contribution >= 4 is 12.4 Å². The molecule has 3 heteroatoms. The molecule has 0 spiro atoms. The lowest BCUT2D eigenvalue weighted by molar-refractivity contribution is 0.112. The molecule has 1 fully saturated rings. The Morgan fingerprint density at radius 2 is 1.71 bits per heavy atom. The van der Waals surface area contributed by atoms with Crippen LogP contribution < -0.4 is 5.73 Å². The van der Waals surface area contributed by atoms with Crippen molar-refractivity contribution in [2.24, 2.45) is 17.6 Å². The van der Waals surface area contributed by atoms with Gasteiger partial charge in [0, 0.05) is 6.04 Å². The van der Waals surface area contributed by atoms with E-state index in [0.717, 1.165) is 25.2 Å². The van der Waals surface area contributed by atoms with Crippen molar-refractivity contribution in [1.29, 1.82) is 0 Å². The van der Waals surface area contributed by atoms with Gasteiger partial charge >= 0.3 is 0 Å². The van der Waals surface area contributed by atoms with E-state index < -0.39 is 0 Å². The van der Waals surface area contributed by atoms with Crippen LogP contribution in [0.1, 0.15) is 65.2 Å². The summed E-state index contributed by atoms with van der Waals surface area (Å²) in [6.07, 6.45) is 9.45. The zero-order valence-corrected chi connectivity index (χ0v) is 12.2. The Balaban J connectivity index is 0.00000256. The third-order valence-corrected chi connectivity index (χ3v) is 3.86. The highest BCUT2D eigenvalue weighted by Crippen LogP contribution is 2.28. The third kappa shape index (κ3) is 7.28. The molecule has 0 saturated heterocycles. The number of nitrogens with two attached hydrogens (primary N) is 1. The summed E-state index contributed by atoms with van der Waals surface area (Å²) >= 11 is 0. The molecule has 1 aliphatic carbocycles. The smallest absolute Gasteiger partial charge is 0.0691 e. The maximum Gasteiger partial charge on any atom is 0.0691 e. The number of aliphatic hydroxyl groups excluding tert-OH is 1. The van der Waals surface area contributed by atoms with Gasteiger partial charge in [-0.25, -0.2) is 0 Å². The summed E-state index contributed by atoms with van der Waals surface area (Å²) in [6.45, 7) is 4.39. The van der Waals surface area contributed by atoms with Crippen LogP contribution in [-0.4, -0.2) is 17.3 Å². The summed E-state index contributed by atoms with van der Waals surface area (Å²) in [5.41, 5.74) is 6.08. The SMILES string of the molecule is CC(C)CCC(O)C(N)CC1CCCCC1.Cl. The normalized spacial score (nSPS) is 21.0. The summed E-state index contributed by atoms with van der Waals surface area (Å²) in [7, 11) is 0. The molecule has 0 aromatic rings. The highest BCUT2D eigenvalue weighted by molar-refractivity contribution is 5.85. The number of rotatable bonds is 6. The second-order valence-corrected chi connectivity index (χ2v) is 5.94. The molecule has 0 aromatic carbocycles. The average molecular weight is 264 g/mol. The van der Waals surface area contributed by atoms with Gasteiger partial charge in [0.1, 0.15) is 0 Å². The topological polar surface area (TPSA) is 46.2 Å². The van der Waals surface area contributed by atoms with Crippen LogP contribution in [-0.2, 0) is 0 Å². The van der Waals surface area contributed by atoms with Crippen LogP contribution in [0.5, 0.6) is 0 Å². The summed E-state index contributed by atoms with van der Waals surface area (Å²) in [4.78, 5) is 0. The van der Waals surface area contributed by atoms with E-state index >= 15 is 0 Å². The van der Waals surface area contributed by atoms with Gasteiger partial charge in [-0.3, -0.25) is 0 Å². The molecular weight excluding hydrogens is 234 g/mol. The van der Waals surface area contributed by atoms with Crippen LogP contribution >= 0.6 is 12.4 Å². The predicted molar refractivity (Wildman–Crippen MR) is 76.5 cm³/mol. The largest absolute Gasteiger partial charge is 0.392 e. The Morgan fingerprint density at radius 3 is 2.24 bits per heavy atom. The lowest BCUT2D eigenvalue weighted by Gasteiger charge is -2.27. The van der Waals surface area contributed by atoms with Gasteiger partial charge in [0.05, 0.1) is 6.10 Å². The first kappa shape index (κ1) is 17.2. The molecule has 1 aliphatic rings. The lowest BCUT2D eigenvalue weighted by Crippen LogP contribution is -2.37. The molecule has 0 heterocycles. The number of aliphatic hydroxyl groups is 1. The van der Waals surface area contributed by atoms with Crippen molar-refractivity contribution in [3.8, 4) is 0 Å². The molecule has 104 valence electrons. The Kier molecular flexibility index (Phi) is 9.29. The zero-order valence-electron chi connectivity index (χ0n) is 11.4. The molecule has 0 bridgehead atoms. The second-order valence-electron chi connectivity index (χ2n) is 5.94. The van der Waals surface area contributed by atoms with E-state index in [9.17, 15) is 5.11 Å². The fourth-order valence-electron chi connectivity index (χ4n) is 2.68. The van der Waals surface area contributed by atoms with Gasteiger partial charge in [-0.2, -0.15) is 0 Å². The number of halogens is 1. The molecule has 0 aliphatic heterocycles. The summed E-state index contributed by atoms with van der Waals surface area (Å²) in [5, 5.41) is 9.97. The highest BCUT2D eigenvalue weighted by Gasteiger charge is 2.21. The minimum Gasteiger partial charge on any atom is -0.392 e. The fraction of sp³-hybridized carbons (Fsp3) is 1.00. The monoisotopic (exact) mass is 263 g/mol. The van der Waals surface area contributed by atoms with Gasteiger partial charge < -0.3 is 10.8 Å². The van der Waals surface area contributed by atoms with Gasteiger partial charge in [0.15, 0.2) is 0 Å². The first-order valence-corrected chi connectivity index (χ1v) is 7.03. The highest BCUT2D eigenvalue weighted by atomic mass is 35.5. The Labute approximate surface area is 113 Å². The van der Waals surface area contributed by atoms with E-state index in [4.69, 9.17) is 5.73 Å². The molecule has 2 atom stereocenters. The Bertz CT molecular complexity index is 181. The van der Waals surface area contributed by atoms with E-state index in [1.54, 1.807) is 0 Å². The van der Waals surface area contributed by atoms with E-state index in [1.165, 1.54) is 32.1 Å². The van der Waals surface area contributed by atoms with Crippen molar-refractivity contribution in [1.82, 2.24) is 0 Å². The molecule has 3 N–H and O–H groups in total. The van der Waals surface area contributed by atoms with E-state index in [2.05, 4.69) is 13.8 Å². The maximum atomic E-state index is 9.97. The van der Waals surface area contributed by atoms with Gasteiger partial charge in [-0.05, 0) is 31.1 Å². The fourth-order valence-corrected chi connectivity index (χ4v) is 2.68. The average Bonchev–Trinajstić information content (AvgIpc) is 2.27. The molecule has 0 amide bonds. The molecule has 0 radical (unpaired) electrons. The van der Waals surface area contributed by atoms with E-state index in [-0.39, 0.29) is 24.6 Å². The minimum atomic E-state index is -0.288. The van der Waals surface area contributed by atoms with Gasteiger partial charge in [0.25, 0.3) is 0 Å². The van der Waals surface area contributed by atoms with E-state index in [1.807, 2.05) is 0 Å². The van der Waals surface area contributed by atoms with Gasteiger partial charge in [-0.1, -0.05) is 46.0 Å². The second kappa shape index (κ2) is 9.18. The van der Waals surface area contributed by atoms with Gasteiger partial charge in [0.2, 0.25) is 0 Å². The Morgan fingerprint density at radius 1 is 1.12 bits per heavy atom. The molecule has 1 saturated carbocycles. The molecule has 2 nitrogen and oxygen atoms in total. The van der Waals surface area contributed by atoms with Crippen molar-refractivity contribution in [2.45, 2.75) is 77.4 Å². The number of hydrogen-bond acceptors (Lipinski definition) is 2. The zero-order chi connectivity index (χ0) is 12.0. The summed E-state index contributed by atoms with van der Waals surface area (Å²) < 4.78 is 0. The van der Waals surface area contributed by atoms with Crippen LogP contribution in [0.15, 0.2) is 0 Å². The predicted octanol–water partition coefficient (Wildman–Crippen LogP) is 3.50. The Hall–Kier alpha value is 0.210. The molecule has 0 aromatic heterocycles. The van der Waals surface area contributed by atoms with Crippen LogP contribution in [0.25, 0.3) is 0 Å². The van der Waals surface area contributed by atoms with Crippen LogP contribution in [0.2, 0.25) is 0 Å². The molecule has 2 unspecified atom stereocenters. The van der Waals surface area contributed by atoms with Gasteiger partial charge in [-0.15, -0.1) is 12.4 Å². The van der Waals surface area contributed by atoms with Crippen LogP contribution in [0, 0.1) is 11.8 Å². The minimum absolute atomic E-state index is 0. The summed E-state index contributed by atoms with van der Waals surface area (Å²) in [6, 6.07) is 0.00171. The van der Waals surface area contributed by atoms with Crippen molar-refractivity contribution in [3.05, 3.63) is 0 Å². The quantitative estimate of drug-likeness (QED) is 0.771. The van der Waals surface area contributed by atoms with Crippen LogP contribution in [0.4, 0.5) is 0 Å². The van der Waals surface area contributed by atoms with Crippen molar-refractivity contribution in [3.63, 3.8) is 0 Å². The molecular formula is C14H30ClNO. The lowest BCUT2D eigenvalue weighted by atomic mass is 9.83. The number of hydrogen-bond donors (Lipinski definition) is 2. The van der Waals surface area contributed by atoms with Crippen LogP contribution in [0.3, 0.4) is 0 Å². The molecule has 1 rings (SSSR count). The third-order valence-electron chi connectivity index (χ3n) is 3.86. The van der Waals surface area contributed by atoms with E-state index in [0.29, 0.717) is 5.92 Å². The first-order chi connectivity index (χ1) is 7.59. The van der Waals surface area contributed by atoms with Crippen molar-refractivity contribution in [2.75, 3.05) is 0 Å². The standard InChI is InChI=1S/C14H29NO.ClH/c1-11(2)8-9-14(16)13(15)10-12-6-4-3-5-7-12;/h11-14,16H,3-10,15H2,1-2H3;1H. The molecule has 17 heavy (non-hydrogen) atoms. The van der Waals surface area contributed by atoms with Crippen molar-refractivity contribution < 1.29 is 5.11 Å². The summed E-state index contributed by atoms with van der Waals surface area (Å²) in [5.74, 6) is 1.44. The maximum absolute atomic E-state index is 9.97. The first-order valence-electron chi connectivity index (χ1n) is 7.03.